The number of hydrogen-bond acceptors (Lipinski definition) is 3. The first-order valence-corrected chi connectivity index (χ1v) is 6.87. The minimum atomic E-state index is -0.504. The van der Waals surface area contributed by atoms with Crippen LogP contribution in [0.5, 0.6) is 0 Å². The van der Waals surface area contributed by atoms with Crippen LogP contribution in [0.4, 0.5) is 15.8 Å². The molecule has 0 aliphatic carbocycles. The Morgan fingerprint density at radius 2 is 1.95 bits per heavy atom. The molecule has 0 aliphatic heterocycles. The molecule has 2 aromatic carbocycles. The molecule has 0 aliphatic rings. The first-order chi connectivity index (χ1) is 10.1. The Labute approximate surface area is 122 Å². The molecular weight excluding hydrogens is 271 g/mol. The number of nitro benzene ring substituents is 1. The van der Waals surface area contributed by atoms with Crippen molar-refractivity contribution in [2.24, 2.45) is 0 Å². The number of halogens is 1. The van der Waals surface area contributed by atoms with Crippen LogP contribution in [-0.4, -0.2) is 4.92 Å². The lowest BCUT2D eigenvalue weighted by Gasteiger charge is -2.19. The quantitative estimate of drug-likeness (QED) is 0.620. The van der Waals surface area contributed by atoms with Gasteiger partial charge in [-0.3, -0.25) is 10.1 Å². The standard InChI is InChI=1S/C16H17FN2O2/c1-2-6-14(12-7-4-3-5-8-12)18-15-11-13(17)9-10-16(15)19(20)21/h3-5,7-11,14,18H,2,6H2,1H3. The van der Waals surface area contributed by atoms with Gasteiger partial charge in [0.15, 0.2) is 0 Å². The van der Waals surface area contributed by atoms with Crippen molar-refractivity contribution in [2.75, 3.05) is 5.32 Å². The number of rotatable bonds is 6. The molecule has 2 rings (SSSR count). The van der Waals surface area contributed by atoms with Gasteiger partial charge in [-0.25, -0.2) is 4.39 Å². The van der Waals surface area contributed by atoms with Gasteiger partial charge < -0.3 is 5.32 Å². The van der Waals surface area contributed by atoms with E-state index in [1.165, 1.54) is 12.1 Å². The molecule has 0 heterocycles. The van der Waals surface area contributed by atoms with E-state index in [0.717, 1.165) is 24.5 Å². The molecule has 0 saturated heterocycles. The number of nitrogens with zero attached hydrogens (tertiary/aromatic N) is 1. The Morgan fingerprint density at radius 3 is 2.57 bits per heavy atom. The highest BCUT2D eigenvalue weighted by Gasteiger charge is 2.18. The highest BCUT2D eigenvalue weighted by atomic mass is 19.1. The molecule has 0 radical (unpaired) electrons. The van der Waals surface area contributed by atoms with E-state index in [0.29, 0.717) is 0 Å². The van der Waals surface area contributed by atoms with Crippen LogP contribution in [0.2, 0.25) is 0 Å². The third-order valence-electron chi connectivity index (χ3n) is 3.26. The minimum Gasteiger partial charge on any atom is -0.373 e. The maximum absolute atomic E-state index is 13.4. The third-order valence-corrected chi connectivity index (χ3v) is 3.26. The topological polar surface area (TPSA) is 55.2 Å². The van der Waals surface area contributed by atoms with Crippen LogP contribution in [-0.2, 0) is 0 Å². The van der Waals surface area contributed by atoms with Crippen LogP contribution in [0, 0.1) is 15.9 Å². The van der Waals surface area contributed by atoms with E-state index in [1.807, 2.05) is 37.3 Å². The number of nitro groups is 1. The lowest BCUT2D eigenvalue weighted by atomic mass is 10.0. The van der Waals surface area contributed by atoms with Crippen LogP contribution < -0.4 is 5.32 Å². The van der Waals surface area contributed by atoms with Gasteiger partial charge >= 0.3 is 0 Å². The zero-order valence-electron chi connectivity index (χ0n) is 11.8. The maximum Gasteiger partial charge on any atom is 0.292 e. The van der Waals surface area contributed by atoms with Crippen LogP contribution >= 0.6 is 0 Å². The average molecular weight is 288 g/mol. The summed E-state index contributed by atoms with van der Waals surface area (Å²) in [4.78, 5) is 10.5. The van der Waals surface area contributed by atoms with E-state index in [9.17, 15) is 14.5 Å². The predicted octanol–water partition coefficient (Wildman–Crippen LogP) is 4.69. The summed E-state index contributed by atoms with van der Waals surface area (Å²) in [6.07, 6.45) is 1.72. The Kier molecular flexibility index (Phi) is 4.87. The Morgan fingerprint density at radius 1 is 1.24 bits per heavy atom. The highest BCUT2D eigenvalue weighted by Crippen LogP contribution is 2.30. The van der Waals surface area contributed by atoms with E-state index in [1.54, 1.807) is 0 Å². The molecule has 1 atom stereocenters. The largest absolute Gasteiger partial charge is 0.373 e. The van der Waals surface area contributed by atoms with Crippen molar-refractivity contribution in [2.45, 2.75) is 25.8 Å². The second kappa shape index (κ2) is 6.83. The van der Waals surface area contributed by atoms with Crippen LogP contribution in [0.3, 0.4) is 0 Å². The van der Waals surface area contributed by atoms with Gasteiger partial charge in [-0.05, 0) is 18.1 Å². The molecule has 0 aromatic heterocycles. The average Bonchev–Trinajstić information content (AvgIpc) is 2.47. The molecule has 0 amide bonds. The van der Waals surface area contributed by atoms with Gasteiger partial charge in [0, 0.05) is 12.1 Å². The van der Waals surface area contributed by atoms with Gasteiger partial charge in [-0.2, -0.15) is 0 Å². The monoisotopic (exact) mass is 288 g/mol. The lowest BCUT2D eigenvalue weighted by molar-refractivity contribution is -0.384. The van der Waals surface area contributed by atoms with Crippen molar-refractivity contribution in [3.63, 3.8) is 0 Å². The van der Waals surface area contributed by atoms with Crippen LogP contribution in [0.25, 0.3) is 0 Å². The van der Waals surface area contributed by atoms with E-state index in [-0.39, 0.29) is 17.4 Å². The number of anilines is 1. The van der Waals surface area contributed by atoms with Crippen molar-refractivity contribution in [1.82, 2.24) is 0 Å². The maximum atomic E-state index is 13.4. The fourth-order valence-corrected chi connectivity index (χ4v) is 2.27. The van der Waals surface area contributed by atoms with Crippen molar-refractivity contribution >= 4 is 11.4 Å². The first-order valence-electron chi connectivity index (χ1n) is 6.87. The van der Waals surface area contributed by atoms with Crippen molar-refractivity contribution < 1.29 is 9.31 Å². The van der Waals surface area contributed by atoms with Crippen molar-refractivity contribution in [3.8, 4) is 0 Å². The molecule has 1 unspecified atom stereocenters. The third kappa shape index (κ3) is 3.78. The molecule has 4 nitrogen and oxygen atoms in total. The molecule has 0 saturated carbocycles. The molecule has 1 N–H and O–H groups in total. The Balaban J connectivity index is 2.33. The molecule has 110 valence electrons. The lowest BCUT2D eigenvalue weighted by Crippen LogP contribution is -2.12. The highest BCUT2D eigenvalue weighted by molar-refractivity contribution is 5.62. The summed E-state index contributed by atoms with van der Waals surface area (Å²) in [5, 5.41) is 14.2. The molecular formula is C16H17FN2O2. The zero-order valence-corrected chi connectivity index (χ0v) is 11.8. The number of benzene rings is 2. The van der Waals surface area contributed by atoms with Crippen LogP contribution in [0.1, 0.15) is 31.4 Å². The predicted molar refractivity (Wildman–Crippen MR) is 80.8 cm³/mol. The summed E-state index contributed by atoms with van der Waals surface area (Å²) in [5.74, 6) is -0.494. The fourth-order valence-electron chi connectivity index (χ4n) is 2.27. The Bertz CT molecular complexity index is 617. The number of hydrogen-bond donors (Lipinski definition) is 1. The summed E-state index contributed by atoms with van der Waals surface area (Å²) >= 11 is 0. The second-order valence-corrected chi connectivity index (χ2v) is 4.81. The summed E-state index contributed by atoms with van der Waals surface area (Å²) in [5.41, 5.74) is 1.12. The van der Waals surface area contributed by atoms with Gasteiger partial charge in [0.25, 0.3) is 5.69 Å². The van der Waals surface area contributed by atoms with E-state index >= 15 is 0 Å². The SMILES string of the molecule is CCCC(Nc1cc(F)ccc1[N+](=O)[O-])c1ccccc1. The normalized spacial score (nSPS) is 11.9. The molecule has 0 spiro atoms. The molecule has 2 aromatic rings. The van der Waals surface area contributed by atoms with Gasteiger partial charge in [0.05, 0.1) is 11.0 Å². The van der Waals surface area contributed by atoms with E-state index in [2.05, 4.69) is 5.32 Å². The summed E-state index contributed by atoms with van der Waals surface area (Å²) in [6, 6.07) is 13.0. The van der Waals surface area contributed by atoms with Crippen molar-refractivity contribution in [3.05, 3.63) is 70.0 Å². The Hall–Kier alpha value is -2.43. The summed E-state index contributed by atoms with van der Waals surface area (Å²) in [7, 11) is 0. The second-order valence-electron chi connectivity index (χ2n) is 4.81. The van der Waals surface area contributed by atoms with Gasteiger partial charge in [-0.15, -0.1) is 0 Å². The van der Waals surface area contributed by atoms with Crippen LogP contribution in [0.15, 0.2) is 48.5 Å². The van der Waals surface area contributed by atoms with Gasteiger partial charge in [0.2, 0.25) is 0 Å². The van der Waals surface area contributed by atoms with E-state index in [4.69, 9.17) is 0 Å². The smallest absolute Gasteiger partial charge is 0.292 e. The first kappa shape index (κ1) is 15.0. The molecule has 0 bridgehead atoms. The van der Waals surface area contributed by atoms with Gasteiger partial charge in [0.1, 0.15) is 11.5 Å². The minimum absolute atomic E-state index is 0.0864. The molecule has 0 fully saturated rings. The van der Waals surface area contributed by atoms with Crippen molar-refractivity contribution in [1.29, 1.82) is 0 Å². The number of nitrogens with one attached hydrogen (secondary N) is 1. The summed E-state index contributed by atoms with van der Waals surface area (Å²) in [6.45, 7) is 2.04. The zero-order chi connectivity index (χ0) is 15.2. The van der Waals surface area contributed by atoms with E-state index < -0.39 is 10.7 Å². The molecule has 5 heteroatoms. The van der Waals surface area contributed by atoms with Gasteiger partial charge in [-0.1, -0.05) is 43.7 Å². The summed E-state index contributed by atoms with van der Waals surface area (Å²) < 4.78 is 13.4. The molecule has 21 heavy (non-hydrogen) atoms. The fraction of sp³-hybridized carbons (Fsp3) is 0.250.